The van der Waals surface area contributed by atoms with Crippen LogP contribution in [0.5, 0.6) is 0 Å². The summed E-state index contributed by atoms with van der Waals surface area (Å²) >= 11 is 5.51. The fourth-order valence-corrected chi connectivity index (χ4v) is 2.00. The Balaban J connectivity index is 2.51. The molecule has 0 atom stereocenters. The van der Waals surface area contributed by atoms with Gasteiger partial charge in [0.15, 0.2) is 0 Å². The lowest BCUT2D eigenvalue weighted by molar-refractivity contribution is -0.143. The molecule has 0 radical (unpaired) electrons. The number of halogens is 4. The zero-order valence-corrected chi connectivity index (χ0v) is 13.7. The van der Waals surface area contributed by atoms with Gasteiger partial charge in [0.2, 0.25) is 5.91 Å². The molecular formula is C16H17ClF3NO3. The second-order valence-corrected chi connectivity index (χ2v) is 5.18. The number of carbonyl (C=O) groups excluding carboxylic acids is 2. The monoisotopic (exact) mass is 363 g/mol. The van der Waals surface area contributed by atoms with Crippen molar-refractivity contribution in [3.63, 3.8) is 0 Å². The Morgan fingerprint density at radius 3 is 2.67 bits per heavy atom. The Bertz CT molecular complexity index is 615. The molecule has 0 aliphatic carbocycles. The first-order valence-electron chi connectivity index (χ1n) is 7.22. The molecule has 0 aliphatic heterocycles. The molecule has 0 fully saturated rings. The predicted octanol–water partition coefficient (Wildman–Crippen LogP) is 3.83. The Kier molecular flexibility index (Phi) is 7.78. The molecule has 0 saturated heterocycles. The van der Waals surface area contributed by atoms with Crippen LogP contribution in [0.15, 0.2) is 24.3 Å². The van der Waals surface area contributed by atoms with E-state index < -0.39 is 22.7 Å². The van der Waals surface area contributed by atoms with Crippen molar-refractivity contribution in [1.82, 2.24) is 5.32 Å². The zero-order chi connectivity index (χ0) is 18.2. The Labute approximate surface area is 142 Å². The van der Waals surface area contributed by atoms with Crippen LogP contribution in [0.2, 0.25) is 5.02 Å². The lowest BCUT2D eigenvalue weighted by atomic mass is 10.1. The van der Waals surface area contributed by atoms with Gasteiger partial charge in [-0.1, -0.05) is 17.7 Å². The van der Waals surface area contributed by atoms with Crippen molar-refractivity contribution in [1.29, 1.82) is 0 Å². The number of benzene rings is 1. The van der Waals surface area contributed by atoms with Crippen molar-refractivity contribution in [3.05, 3.63) is 40.4 Å². The highest BCUT2D eigenvalue weighted by atomic mass is 35.5. The van der Waals surface area contributed by atoms with Crippen molar-refractivity contribution in [2.24, 2.45) is 0 Å². The van der Waals surface area contributed by atoms with Gasteiger partial charge in [0, 0.05) is 19.0 Å². The Hall–Kier alpha value is -2.02. The number of alkyl halides is 3. The SMILES string of the molecule is CCOC(=O)CCCNC(=O)C=Cc1ccc(Cl)c(C(F)(F)F)c1. The maximum Gasteiger partial charge on any atom is 0.417 e. The first kappa shape index (κ1) is 20.0. The van der Waals surface area contributed by atoms with E-state index in [-0.39, 0.29) is 24.5 Å². The molecule has 1 rings (SSSR count). The summed E-state index contributed by atoms with van der Waals surface area (Å²) in [5.41, 5.74) is -0.755. The zero-order valence-electron chi connectivity index (χ0n) is 13.0. The van der Waals surface area contributed by atoms with E-state index in [1.54, 1.807) is 6.92 Å². The normalized spacial score (nSPS) is 11.5. The molecule has 0 bridgehead atoms. The van der Waals surface area contributed by atoms with Crippen molar-refractivity contribution >= 4 is 29.6 Å². The second-order valence-electron chi connectivity index (χ2n) is 4.77. The second kappa shape index (κ2) is 9.32. The summed E-state index contributed by atoms with van der Waals surface area (Å²) in [7, 11) is 0. The van der Waals surface area contributed by atoms with Crippen LogP contribution in [0, 0.1) is 0 Å². The van der Waals surface area contributed by atoms with E-state index in [0.717, 1.165) is 18.2 Å². The van der Waals surface area contributed by atoms with E-state index in [9.17, 15) is 22.8 Å². The Morgan fingerprint density at radius 2 is 2.04 bits per heavy atom. The van der Waals surface area contributed by atoms with E-state index in [2.05, 4.69) is 5.32 Å². The number of nitrogens with one attached hydrogen (secondary N) is 1. The molecule has 132 valence electrons. The number of amides is 1. The third-order valence-corrected chi connectivity index (χ3v) is 3.21. The molecule has 0 aromatic heterocycles. The lowest BCUT2D eigenvalue weighted by Crippen LogP contribution is -2.22. The van der Waals surface area contributed by atoms with Crippen LogP contribution in [0.25, 0.3) is 6.08 Å². The highest BCUT2D eigenvalue weighted by Gasteiger charge is 2.33. The van der Waals surface area contributed by atoms with E-state index in [0.29, 0.717) is 13.0 Å². The van der Waals surface area contributed by atoms with Gasteiger partial charge >= 0.3 is 12.1 Å². The highest BCUT2D eigenvalue weighted by molar-refractivity contribution is 6.31. The van der Waals surface area contributed by atoms with Gasteiger partial charge in [-0.15, -0.1) is 0 Å². The van der Waals surface area contributed by atoms with Crippen LogP contribution in [0.4, 0.5) is 13.2 Å². The van der Waals surface area contributed by atoms with E-state index in [4.69, 9.17) is 16.3 Å². The van der Waals surface area contributed by atoms with Crippen molar-refractivity contribution in [2.75, 3.05) is 13.2 Å². The van der Waals surface area contributed by atoms with Gasteiger partial charge in [-0.05, 0) is 37.1 Å². The summed E-state index contributed by atoms with van der Waals surface area (Å²) in [5.74, 6) is -0.814. The number of hydrogen-bond donors (Lipinski definition) is 1. The lowest BCUT2D eigenvalue weighted by Gasteiger charge is -2.09. The number of carbonyl (C=O) groups is 2. The number of rotatable bonds is 7. The summed E-state index contributed by atoms with van der Waals surface area (Å²) in [4.78, 5) is 22.7. The predicted molar refractivity (Wildman–Crippen MR) is 84.4 cm³/mol. The molecule has 1 N–H and O–H groups in total. The van der Waals surface area contributed by atoms with E-state index in [1.165, 1.54) is 12.1 Å². The van der Waals surface area contributed by atoms with Gasteiger partial charge in [-0.3, -0.25) is 9.59 Å². The molecule has 1 aromatic rings. The van der Waals surface area contributed by atoms with Crippen LogP contribution >= 0.6 is 11.6 Å². The average Bonchev–Trinajstić information content (AvgIpc) is 2.50. The molecule has 0 saturated carbocycles. The van der Waals surface area contributed by atoms with Gasteiger partial charge in [0.1, 0.15) is 0 Å². The van der Waals surface area contributed by atoms with Crippen molar-refractivity contribution in [3.8, 4) is 0 Å². The first-order valence-corrected chi connectivity index (χ1v) is 7.60. The molecular weight excluding hydrogens is 347 g/mol. The molecule has 1 amide bonds. The third-order valence-electron chi connectivity index (χ3n) is 2.89. The quantitative estimate of drug-likeness (QED) is 0.455. The summed E-state index contributed by atoms with van der Waals surface area (Å²) in [6.45, 7) is 2.26. The number of ether oxygens (including phenoxy) is 1. The topological polar surface area (TPSA) is 55.4 Å². The third kappa shape index (κ3) is 7.04. The van der Waals surface area contributed by atoms with Gasteiger partial charge in [0.25, 0.3) is 0 Å². The molecule has 0 aliphatic rings. The largest absolute Gasteiger partial charge is 0.466 e. The van der Waals surface area contributed by atoms with Crippen molar-refractivity contribution in [2.45, 2.75) is 25.9 Å². The minimum Gasteiger partial charge on any atom is -0.466 e. The highest BCUT2D eigenvalue weighted by Crippen LogP contribution is 2.35. The molecule has 0 heterocycles. The van der Waals surface area contributed by atoms with Gasteiger partial charge in [-0.25, -0.2) is 0 Å². The smallest absolute Gasteiger partial charge is 0.417 e. The average molecular weight is 364 g/mol. The summed E-state index contributed by atoms with van der Waals surface area (Å²) in [6, 6.07) is 3.37. The van der Waals surface area contributed by atoms with E-state index in [1.807, 2.05) is 0 Å². The van der Waals surface area contributed by atoms with Crippen LogP contribution < -0.4 is 5.32 Å². The molecule has 24 heavy (non-hydrogen) atoms. The maximum absolute atomic E-state index is 12.7. The fraction of sp³-hybridized carbons (Fsp3) is 0.375. The maximum atomic E-state index is 12.7. The summed E-state index contributed by atoms with van der Waals surface area (Å²) in [5, 5.41) is 2.12. The van der Waals surface area contributed by atoms with Crippen LogP contribution in [0.1, 0.15) is 30.9 Å². The number of esters is 1. The van der Waals surface area contributed by atoms with Gasteiger partial charge in [0.05, 0.1) is 17.2 Å². The minimum absolute atomic E-state index is 0.184. The van der Waals surface area contributed by atoms with Crippen LogP contribution in [-0.4, -0.2) is 25.0 Å². The molecule has 4 nitrogen and oxygen atoms in total. The summed E-state index contributed by atoms with van der Waals surface area (Å²) in [6.07, 6.45) is -1.59. The fourth-order valence-electron chi connectivity index (χ4n) is 1.77. The Morgan fingerprint density at radius 1 is 1.33 bits per heavy atom. The minimum atomic E-state index is -4.56. The molecule has 8 heteroatoms. The van der Waals surface area contributed by atoms with Crippen LogP contribution in [-0.2, 0) is 20.5 Å². The van der Waals surface area contributed by atoms with Gasteiger partial charge in [-0.2, -0.15) is 13.2 Å². The molecule has 0 unspecified atom stereocenters. The molecule has 0 spiro atoms. The molecule has 1 aromatic carbocycles. The summed E-state index contributed by atoms with van der Waals surface area (Å²) < 4.78 is 42.9. The van der Waals surface area contributed by atoms with E-state index >= 15 is 0 Å². The van der Waals surface area contributed by atoms with Crippen LogP contribution in [0.3, 0.4) is 0 Å². The van der Waals surface area contributed by atoms with Gasteiger partial charge < -0.3 is 10.1 Å². The van der Waals surface area contributed by atoms with Crippen molar-refractivity contribution < 1.29 is 27.5 Å². The number of hydrogen-bond acceptors (Lipinski definition) is 3. The standard InChI is InChI=1S/C16H17ClF3NO3/c1-2-24-15(23)4-3-9-21-14(22)8-6-11-5-7-13(17)12(10-11)16(18,19)20/h5-8,10H,2-4,9H2,1H3,(H,21,22). The first-order chi connectivity index (χ1) is 11.2.